The smallest absolute Gasteiger partial charge is 0.406 e. The first-order valence-electron chi connectivity index (χ1n) is 5.32. The number of nitrogens with one attached hydrogen (secondary N) is 1. The second-order valence-electron chi connectivity index (χ2n) is 3.82. The summed E-state index contributed by atoms with van der Waals surface area (Å²) >= 11 is 0. The van der Waals surface area contributed by atoms with Crippen LogP contribution in [0.4, 0.5) is 19.0 Å². The molecule has 0 aliphatic carbocycles. The number of halogens is 3. The first-order valence-corrected chi connectivity index (χ1v) is 5.32. The Labute approximate surface area is 111 Å². The molecule has 2 rings (SSSR count). The first-order chi connectivity index (χ1) is 9.26. The molecule has 0 unspecified atom stereocenters. The molecule has 1 aromatic carbocycles. The minimum absolute atomic E-state index is 0.156. The van der Waals surface area contributed by atoms with Crippen molar-refractivity contribution in [2.45, 2.75) is 6.36 Å². The van der Waals surface area contributed by atoms with E-state index in [0.29, 0.717) is 11.3 Å². The molecule has 0 spiro atoms. The fourth-order valence-electron chi connectivity index (χ4n) is 1.56. The monoisotopic (exact) mass is 285 g/mol. The van der Waals surface area contributed by atoms with Crippen molar-refractivity contribution in [1.29, 1.82) is 5.41 Å². The lowest BCUT2D eigenvalue weighted by Crippen LogP contribution is -2.23. The van der Waals surface area contributed by atoms with E-state index in [1.807, 2.05) is 0 Å². The Morgan fingerprint density at radius 1 is 1.25 bits per heavy atom. The van der Waals surface area contributed by atoms with Crippen molar-refractivity contribution in [1.82, 2.24) is 9.78 Å². The molecule has 0 amide bonds. The van der Waals surface area contributed by atoms with Crippen LogP contribution < -0.4 is 16.2 Å². The summed E-state index contributed by atoms with van der Waals surface area (Å²) in [4.78, 5) is 0. The predicted molar refractivity (Wildman–Crippen MR) is 66.1 cm³/mol. The predicted octanol–water partition coefficient (Wildman–Crippen LogP) is 1.77. The number of nitrogen functional groups attached to an aromatic ring is 2. The maximum absolute atomic E-state index is 12.0. The van der Waals surface area contributed by atoms with E-state index in [2.05, 4.69) is 9.84 Å². The highest BCUT2D eigenvalue weighted by atomic mass is 19.4. The van der Waals surface area contributed by atoms with Gasteiger partial charge in [0, 0.05) is 11.6 Å². The molecule has 0 aliphatic rings. The summed E-state index contributed by atoms with van der Waals surface area (Å²) in [6, 6.07) is 6.57. The van der Waals surface area contributed by atoms with Gasteiger partial charge < -0.3 is 16.2 Å². The Hall–Kier alpha value is -2.71. The number of anilines is 1. The van der Waals surface area contributed by atoms with E-state index < -0.39 is 6.36 Å². The van der Waals surface area contributed by atoms with Gasteiger partial charge in [-0.2, -0.15) is 9.78 Å². The number of rotatable bonds is 2. The van der Waals surface area contributed by atoms with E-state index in [0.717, 1.165) is 16.8 Å². The van der Waals surface area contributed by atoms with Crippen molar-refractivity contribution in [3.05, 3.63) is 30.3 Å². The summed E-state index contributed by atoms with van der Waals surface area (Å²) in [5.74, 6) is -0.533. The summed E-state index contributed by atoms with van der Waals surface area (Å²) < 4.78 is 40.8. The number of nitrogens with two attached hydrogens (primary N) is 2. The summed E-state index contributed by atoms with van der Waals surface area (Å²) in [7, 11) is 0. The SMILES string of the molecule is N=C(N)n1nc(-c2ccc(OC(F)(F)F)cc2)cc1N. The molecule has 5 N–H and O–H groups in total. The average molecular weight is 285 g/mol. The van der Waals surface area contributed by atoms with Gasteiger partial charge in [0.25, 0.3) is 0 Å². The first kappa shape index (κ1) is 13.7. The number of benzene rings is 1. The minimum atomic E-state index is -4.73. The zero-order chi connectivity index (χ0) is 14.9. The van der Waals surface area contributed by atoms with Gasteiger partial charge in [0.15, 0.2) is 0 Å². The number of ether oxygens (including phenoxy) is 1. The summed E-state index contributed by atoms with van der Waals surface area (Å²) in [5, 5.41) is 11.2. The van der Waals surface area contributed by atoms with Gasteiger partial charge in [-0.25, -0.2) is 0 Å². The van der Waals surface area contributed by atoms with Gasteiger partial charge in [-0.05, 0) is 24.3 Å². The Balaban J connectivity index is 2.26. The van der Waals surface area contributed by atoms with E-state index in [1.165, 1.54) is 18.2 Å². The molecular formula is C11H10F3N5O. The zero-order valence-corrected chi connectivity index (χ0v) is 9.98. The van der Waals surface area contributed by atoms with Crippen molar-refractivity contribution in [3.8, 4) is 17.0 Å². The van der Waals surface area contributed by atoms with Gasteiger partial charge in [-0.1, -0.05) is 0 Å². The quantitative estimate of drug-likeness (QED) is 0.578. The van der Waals surface area contributed by atoms with Gasteiger partial charge in [-0.3, -0.25) is 5.41 Å². The van der Waals surface area contributed by atoms with Crippen LogP contribution in [-0.4, -0.2) is 22.1 Å². The van der Waals surface area contributed by atoms with Crippen molar-refractivity contribution < 1.29 is 17.9 Å². The van der Waals surface area contributed by atoms with Crippen molar-refractivity contribution in [2.24, 2.45) is 5.73 Å². The van der Waals surface area contributed by atoms with Gasteiger partial charge >= 0.3 is 6.36 Å². The largest absolute Gasteiger partial charge is 0.573 e. The maximum atomic E-state index is 12.0. The van der Waals surface area contributed by atoms with Gasteiger partial charge in [0.2, 0.25) is 5.96 Å². The molecule has 0 aliphatic heterocycles. The van der Waals surface area contributed by atoms with Crippen LogP contribution in [0, 0.1) is 5.41 Å². The third kappa shape index (κ3) is 2.99. The average Bonchev–Trinajstić information content (AvgIpc) is 2.70. The standard InChI is InChI=1S/C11H10F3N5O/c12-11(13,14)20-7-3-1-6(2-4-7)8-5-9(15)19(18-8)10(16)17/h1-5H,15H2,(H3,16,17). The molecule has 1 aromatic heterocycles. The number of aromatic nitrogens is 2. The van der Waals surface area contributed by atoms with Crippen molar-refractivity contribution in [3.63, 3.8) is 0 Å². The molecule has 20 heavy (non-hydrogen) atoms. The fourth-order valence-corrected chi connectivity index (χ4v) is 1.56. The Morgan fingerprint density at radius 2 is 1.85 bits per heavy atom. The molecule has 0 fully saturated rings. The third-order valence-corrected chi connectivity index (χ3v) is 2.35. The molecule has 2 aromatic rings. The highest BCUT2D eigenvalue weighted by Gasteiger charge is 2.30. The van der Waals surface area contributed by atoms with Crippen LogP contribution in [0.3, 0.4) is 0 Å². The van der Waals surface area contributed by atoms with Crippen LogP contribution in [0.15, 0.2) is 30.3 Å². The molecule has 0 saturated heterocycles. The normalized spacial score (nSPS) is 11.3. The molecule has 106 valence electrons. The van der Waals surface area contributed by atoms with Gasteiger partial charge in [-0.15, -0.1) is 13.2 Å². The van der Waals surface area contributed by atoms with Crippen LogP contribution in [0.25, 0.3) is 11.3 Å². The molecule has 0 radical (unpaired) electrons. The molecule has 6 nitrogen and oxygen atoms in total. The van der Waals surface area contributed by atoms with Gasteiger partial charge in [0.05, 0.1) is 5.69 Å². The second-order valence-corrected chi connectivity index (χ2v) is 3.82. The van der Waals surface area contributed by atoms with Crippen LogP contribution in [0.5, 0.6) is 5.75 Å². The Morgan fingerprint density at radius 3 is 2.30 bits per heavy atom. The number of hydrogen-bond donors (Lipinski definition) is 3. The molecule has 0 saturated carbocycles. The van der Waals surface area contributed by atoms with Gasteiger partial charge in [0.1, 0.15) is 11.6 Å². The van der Waals surface area contributed by atoms with E-state index in [4.69, 9.17) is 16.9 Å². The lowest BCUT2D eigenvalue weighted by atomic mass is 10.1. The maximum Gasteiger partial charge on any atom is 0.573 e. The lowest BCUT2D eigenvalue weighted by Gasteiger charge is -2.08. The zero-order valence-electron chi connectivity index (χ0n) is 9.98. The number of hydrogen-bond acceptors (Lipinski definition) is 4. The molecule has 1 heterocycles. The van der Waals surface area contributed by atoms with Crippen molar-refractivity contribution >= 4 is 11.8 Å². The van der Waals surface area contributed by atoms with Crippen molar-refractivity contribution in [2.75, 3.05) is 5.73 Å². The van der Waals surface area contributed by atoms with Crippen LogP contribution >= 0.6 is 0 Å². The van der Waals surface area contributed by atoms with Crippen LogP contribution in [-0.2, 0) is 0 Å². The number of alkyl halides is 3. The molecular weight excluding hydrogens is 275 g/mol. The highest BCUT2D eigenvalue weighted by molar-refractivity contribution is 5.81. The second kappa shape index (κ2) is 4.76. The van der Waals surface area contributed by atoms with E-state index in [9.17, 15) is 13.2 Å². The number of nitrogens with zero attached hydrogens (tertiary/aromatic N) is 2. The van der Waals surface area contributed by atoms with E-state index in [1.54, 1.807) is 0 Å². The Kier molecular flexibility index (Phi) is 3.26. The topological polar surface area (TPSA) is 103 Å². The fraction of sp³-hybridized carbons (Fsp3) is 0.0909. The van der Waals surface area contributed by atoms with E-state index >= 15 is 0 Å². The highest BCUT2D eigenvalue weighted by Crippen LogP contribution is 2.26. The summed E-state index contributed by atoms with van der Waals surface area (Å²) in [6.07, 6.45) is -4.73. The lowest BCUT2D eigenvalue weighted by molar-refractivity contribution is -0.274. The minimum Gasteiger partial charge on any atom is -0.406 e. The van der Waals surface area contributed by atoms with E-state index in [-0.39, 0.29) is 17.5 Å². The molecule has 0 bridgehead atoms. The van der Waals surface area contributed by atoms with Crippen LogP contribution in [0.1, 0.15) is 0 Å². The molecule has 0 atom stereocenters. The summed E-state index contributed by atoms with van der Waals surface area (Å²) in [6.45, 7) is 0. The molecule has 9 heteroatoms. The Bertz CT molecular complexity index is 632. The third-order valence-electron chi connectivity index (χ3n) is 2.35. The van der Waals surface area contributed by atoms with Crippen LogP contribution in [0.2, 0.25) is 0 Å². The summed E-state index contributed by atoms with van der Waals surface area (Å²) in [5.41, 5.74) is 11.8.